The second-order valence-corrected chi connectivity index (χ2v) is 8.57. The molecule has 0 radical (unpaired) electrons. The highest BCUT2D eigenvalue weighted by atomic mass is 16.2. The zero-order chi connectivity index (χ0) is 24.4. The largest absolute Gasteiger partial charge is 0.352 e. The van der Waals surface area contributed by atoms with Crippen LogP contribution in [-0.2, 0) is 11.3 Å². The lowest BCUT2D eigenvalue weighted by Gasteiger charge is -2.13. The summed E-state index contributed by atoms with van der Waals surface area (Å²) < 4.78 is 2.01. The molecule has 3 N–H and O–H groups in total. The highest BCUT2D eigenvalue weighted by molar-refractivity contribution is 5.99. The highest BCUT2D eigenvalue weighted by Crippen LogP contribution is 2.29. The van der Waals surface area contributed by atoms with Crippen molar-refractivity contribution >= 4 is 34.6 Å². The molecule has 0 unspecified atom stereocenters. The first kappa shape index (κ1) is 22.3. The topological polar surface area (TPSA) is 105 Å². The standard InChI is InChI=1S/C27H25N5O3/c1-17(33)3-2-12-29-26(34)18-4-7-21(8-5-18)31-23-10-11-24(32-14-13-28-25(23)32)19-6-9-22-20(15-19)16-30-27(22)35/h4-11,13-15,31H,2-3,12,16H2,1H3,(H,29,34)(H,30,35). The zero-order valence-electron chi connectivity index (χ0n) is 19.3. The van der Waals surface area contributed by atoms with Crippen LogP contribution in [0.4, 0.5) is 11.4 Å². The van der Waals surface area contributed by atoms with Gasteiger partial charge in [-0.1, -0.05) is 6.07 Å². The fourth-order valence-corrected chi connectivity index (χ4v) is 4.24. The van der Waals surface area contributed by atoms with E-state index >= 15 is 0 Å². The van der Waals surface area contributed by atoms with Gasteiger partial charge in [-0.15, -0.1) is 0 Å². The Hall–Kier alpha value is -4.46. The molecule has 0 fully saturated rings. The number of amides is 2. The number of nitrogens with zero attached hydrogens (tertiary/aromatic N) is 2. The second-order valence-electron chi connectivity index (χ2n) is 8.57. The van der Waals surface area contributed by atoms with Crippen LogP contribution in [0.3, 0.4) is 0 Å². The SMILES string of the molecule is CC(=O)CCCNC(=O)c1ccc(Nc2ccc(-c3ccc4c(c3)CNC4=O)n3ccnc23)cc1. The van der Waals surface area contributed by atoms with Crippen molar-refractivity contribution in [2.24, 2.45) is 0 Å². The lowest BCUT2D eigenvalue weighted by molar-refractivity contribution is -0.117. The van der Waals surface area contributed by atoms with E-state index < -0.39 is 0 Å². The van der Waals surface area contributed by atoms with Crippen molar-refractivity contribution in [2.45, 2.75) is 26.3 Å². The van der Waals surface area contributed by atoms with Gasteiger partial charge in [-0.3, -0.25) is 14.0 Å². The minimum atomic E-state index is -0.161. The third-order valence-corrected chi connectivity index (χ3v) is 6.05. The highest BCUT2D eigenvalue weighted by Gasteiger charge is 2.19. The third-order valence-electron chi connectivity index (χ3n) is 6.05. The van der Waals surface area contributed by atoms with Crippen LogP contribution in [-0.4, -0.2) is 33.5 Å². The summed E-state index contributed by atoms with van der Waals surface area (Å²) in [6.07, 6.45) is 4.76. The molecule has 0 bridgehead atoms. The van der Waals surface area contributed by atoms with Gasteiger partial charge >= 0.3 is 0 Å². The number of Topliss-reactive ketones (excluding diaryl/α,β-unsaturated/α-hetero) is 1. The Morgan fingerprint density at radius 2 is 1.91 bits per heavy atom. The van der Waals surface area contributed by atoms with Crippen molar-refractivity contribution < 1.29 is 14.4 Å². The van der Waals surface area contributed by atoms with Crippen molar-refractivity contribution in [2.75, 3.05) is 11.9 Å². The quantitative estimate of drug-likeness (QED) is 0.339. The molecule has 176 valence electrons. The van der Waals surface area contributed by atoms with Crippen LogP contribution in [0.25, 0.3) is 16.9 Å². The van der Waals surface area contributed by atoms with Gasteiger partial charge in [-0.05, 0) is 73.0 Å². The molecule has 5 rings (SSSR count). The van der Waals surface area contributed by atoms with Gasteiger partial charge in [0.05, 0.1) is 11.4 Å². The summed E-state index contributed by atoms with van der Waals surface area (Å²) in [6.45, 7) is 2.56. The maximum Gasteiger partial charge on any atom is 0.251 e. The monoisotopic (exact) mass is 467 g/mol. The molecule has 3 heterocycles. The number of fused-ring (bicyclic) bond motifs is 2. The van der Waals surface area contributed by atoms with Crippen LogP contribution < -0.4 is 16.0 Å². The van der Waals surface area contributed by atoms with Gasteiger partial charge < -0.3 is 20.7 Å². The average Bonchev–Trinajstić information content (AvgIpc) is 3.49. The van der Waals surface area contributed by atoms with Crippen molar-refractivity contribution in [3.05, 3.63) is 83.7 Å². The number of imidazole rings is 1. The van der Waals surface area contributed by atoms with Gasteiger partial charge in [0.25, 0.3) is 11.8 Å². The Bertz CT molecular complexity index is 1440. The molecule has 2 aromatic heterocycles. The van der Waals surface area contributed by atoms with E-state index in [1.807, 2.05) is 53.1 Å². The molecule has 8 heteroatoms. The molecule has 1 aliphatic rings. The fourth-order valence-electron chi connectivity index (χ4n) is 4.24. The molecule has 0 aliphatic carbocycles. The summed E-state index contributed by atoms with van der Waals surface area (Å²) in [5, 5.41) is 9.07. The number of benzene rings is 2. The number of ketones is 1. The van der Waals surface area contributed by atoms with Crippen LogP contribution in [0.15, 0.2) is 67.0 Å². The van der Waals surface area contributed by atoms with Crippen LogP contribution in [0, 0.1) is 0 Å². The molecule has 4 aromatic rings. The fraction of sp³-hybridized carbons (Fsp3) is 0.185. The first-order valence-electron chi connectivity index (χ1n) is 11.5. The Morgan fingerprint density at radius 3 is 2.71 bits per heavy atom. The molecule has 0 saturated carbocycles. The maximum absolute atomic E-state index is 12.3. The van der Waals surface area contributed by atoms with Crippen molar-refractivity contribution in [1.29, 1.82) is 0 Å². The summed E-state index contributed by atoms with van der Waals surface area (Å²) in [5.74, 6) is -0.0722. The van der Waals surface area contributed by atoms with Gasteiger partial charge in [0, 0.05) is 48.7 Å². The number of carbonyl (C=O) groups excluding carboxylic acids is 3. The molecule has 35 heavy (non-hydrogen) atoms. The molecule has 0 spiro atoms. The van der Waals surface area contributed by atoms with Crippen LogP contribution in [0.2, 0.25) is 0 Å². The van der Waals surface area contributed by atoms with E-state index in [1.54, 1.807) is 25.3 Å². The Morgan fingerprint density at radius 1 is 1.09 bits per heavy atom. The lowest BCUT2D eigenvalue weighted by Crippen LogP contribution is -2.24. The number of pyridine rings is 1. The first-order chi connectivity index (χ1) is 17.0. The zero-order valence-corrected chi connectivity index (χ0v) is 19.3. The van der Waals surface area contributed by atoms with E-state index in [9.17, 15) is 14.4 Å². The molecule has 1 aliphatic heterocycles. The average molecular weight is 468 g/mol. The van der Waals surface area contributed by atoms with E-state index in [0.29, 0.717) is 31.5 Å². The number of rotatable bonds is 8. The lowest BCUT2D eigenvalue weighted by atomic mass is 10.0. The number of hydrogen-bond donors (Lipinski definition) is 3. The smallest absolute Gasteiger partial charge is 0.251 e. The van der Waals surface area contributed by atoms with Crippen LogP contribution in [0.5, 0.6) is 0 Å². The molecular formula is C27H25N5O3. The predicted octanol–water partition coefficient (Wildman–Crippen LogP) is 4.09. The normalized spacial score (nSPS) is 12.3. The number of aromatic nitrogens is 2. The van der Waals surface area contributed by atoms with E-state index in [1.165, 1.54) is 0 Å². The Balaban J connectivity index is 1.32. The molecule has 2 aromatic carbocycles. The number of hydrogen-bond acceptors (Lipinski definition) is 5. The summed E-state index contributed by atoms with van der Waals surface area (Å²) in [7, 11) is 0. The van der Waals surface area contributed by atoms with Gasteiger partial charge in [0.15, 0.2) is 5.65 Å². The van der Waals surface area contributed by atoms with Crippen molar-refractivity contribution in [3.63, 3.8) is 0 Å². The van der Waals surface area contributed by atoms with Crippen molar-refractivity contribution in [3.8, 4) is 11.3 Å². The van der Waals surface area contributed by atoms with Gasteiger partial charge in [0.1, 0.15) is 5.78 Å². The van der Waals surface area contributed by atoms with E-state index in [4.69, 9.17) is 0 Å². The van der Waals surface area contributed by atoms with Crippen LogP contribution in [0.1, 0.15) is 46.0 Å². The van der Waals surface area contributed by atoms with E-state index in [-0.39, 0.29) is 17.6 Å². The minimum absolute atomic E-state index is 0.0321. The van der Waals surface area contributed by atoms with E-state index in [0.717, 1.165) is 39.4 Å². The maximum atomic E-state index is 12.3. The number of carbonyl (C=O) groups is 3. The predicted molar refractivity (Wildman–Crippen MR) is 134 cm³/mol. The van der Waals surface area contributed by atoms with Gasteiger partial charge in [-0.25, -0.2) is 4.98 Å². The van der Waals surface area contributed by atoms with Gasteiger partial charge in [-0.2, -0.15) is 0 Å². The summed E-state index contributed by atoms with van der Waals surface area (Å²) >= 11 is 0. The molecule has 0 atom stereocenters. The number of nitrogens with one attached hydrogen (secondary N) is 3. The van der Waals surface area contributed by atoms with E-state index in [2.05, 4.69) is 20.9 Å². The first-order valence-corrected chi connectivity index (χ1v) is 11.5. The molecule has 2 amide bonds. The Labute approximate surface area is 202 Å². The summed E-state index contributed by atoms with van der Waals surface area (Å²) in [4.78, 5) is 39.7. The molecule has 8 nitrogen and oxygen atoms in total. The second kappa shape index (κ2) is 9.42. The minimum Gasteiger partial charge on any atom is -0.352 e. The molecule has 0 saturated heterocycles. The third kappa shape index (κ3) is 4.63. The molecular weight excluding hydrogens is 442 g/mol. The van der Waals surface area contributed by atoms with Crippen molar-refractivity contribution in [1.82, 2.24) is 20.0 Å². The summed E-state index contributed by atoms with van der Waals surface area (Å²) in [6, 6.07) is 17.1. The van der Waals surface area contributed by atoms with Gasteiger partial charge in [0.2, 0.25) is 0 Å². The van der Waals surface area contributed by atoms with Crippen LogP contribution >= 0.6 is 0 Å². The Kier molecular flexibility index (Phi) is 6.01. The summed E-state index contributed by atoms with van der Waals surface area (Å²) in [5.41, 5.74) is 6.69. The number of anilines is 2.